The first-order chi connectivity index (χ1) is 15.2. The van der Waals surface area contributed by atoms with E-state index in [4.69, 9.17) is 13.9 Å². The first kappa shape index (κ1) is 21.9. The molecule has 2 heterocycles. The summed E-state index contributed by atoms with van der Waals surface area (Å²) in [5.74, 6) is -1.19. The second kappa shape index (κ2) is 8.30. The van der Waals surface area contributed by atoms with Crippen LogP contribution in [-0.2, 0) is 4.74 Å². The van der Waals surface area contributed by atoms with E-state index in [1.807, 2.05) is 0 Å². The van der Waals surface area contributed by atoms with Gasteiger partial charge in [0.2, 0.25) is 11.7 Å². The van der Waals surface area contributed by atoms with Crippen LogP contribution in [0.2, 0.25) is 0 Å². The van der Waals surface area contributed by atoms with E-state index in [-0.39, 0.29) is 39.3 Å². The smallest absolute Gasteiger partial charge is 0.229 e. The highest BCUT2D eigenvalue weighted by Gasteiger charge is 2.44. The Labute approximate surface area is 179 Å². The second-order valence-electron chi connectivity index (χ2n) is 7.31. The molecule has 3 aromatic rings. The molecule has 11 heteroatoms. The molecule has 1 aromatic heterocycles. The first-order valence-corrected chi connectivity index (χ1v) is 9.49. The highest BCUT2D eigenvalue weighted by molar-refractivity contribution is 5.88. The Morgan fingerprint density at radius 1 is 0.906 bits per heavy atom. The van der Waals surface area contributed by atoms with Crippen molar-refractivity contribution in [2.24, 2.45) is 0 Å². The molecule has 1 aliphatic rings. The fourth-order valence-corrected chi connectivity index (χ4v) is 3.51. The molecule has 0 radical (unpaired) electrons. The fraction of sp³-hybridized carbons (Fsp3) is 0.286. The van der Waals surface area contributed by atoms with E-state index < -0.39 is 48.5 Å². The number of aliphatic hydroxyl groups is 4. The third kappa shape index (κ3) is 3.72. The summed E-state index contributed by atoms with van der Waals surface area (Å²) in [6.07, 6.45) is -6.51. The maximum absolute atomic E-state index is 12.9. The summed E-state index contributed by atoms with van der Waals surface area (Å²) in [6, 6.07) is 5.93. The molecule has 2 aromatic carbocycles. The van der Waals surface area contributed by atoms with E-state index >= 15 is 0 Å². The number of ether oxygens (including phenoxy) is 2. The first-order valence-electron chi connectivity index (χ1n) is 9.49. The van der Waals surface area contributed by atoms with Gasteiger partial charge < -0.3 is 49.6 Å². The van der Waals surface area contributed by atoms with E-state index in [1.54, 1.807) is 0 Å². The summed E-state index contributed by atoms with van der Waals surface area (Å²) in [6.45, 7) is -0.643. The number of hydrogen-bond donors (Lipinski definition) is 7. The molecule has 11 nitrogen and oxygen atoms in total. The summed E-state index contributed by atoms with van der Waals surface area (Å²) in [7, 11) is 0. The van der Waals surface area contributed by atoms with Gasteiger partial charge in [-0.1, -0.05) is 0 Å². The van der Waals surface area contributed by atoms with Crippen LogP contribution in [0.4, 0.5) is 0 Å². The van der Waals surface area contributed by atoms with E-state index in [0.717, 1.165) is 18.4 Å². The number of rotatable bonds is 4. The van der Waals surface area contributed by atoms with Crippen molar-refractivity contribution in [3.8, 4) is 34.1 Å². The Balaban J connectivity index is 1.70. The van der Waals surface area contributed by atoms with Gasteiger partial charge in [0.1, 0.15) is 64.6 Å². The van der Waals surface area contributed by atoms with Gasteiger partial charge in [-0.25, -0.2) is 0 Å². The third-order valence-corrected chi connectivity index (χ3v) is 5.20. The van der Waals surface area contributed by atoms with E-state index in [1.165, 1.54) is 18.2 Å². The number of fused-ring (bicyclic) bond motifs is 1. The minimum absolute atomic E-state index is 0.0621. The van der Waals surface area contributed by atoms with Gasteiger partial charge in [0, 0.05) is 23.8 Å². The zero-order chi connectivity index (χ0) is 23.2. The molecule has 170 valence electrons. The lowest BCUT2D eigenvalue weighted by Crippen LogP contribution is -2.60. The Morgan fingerprint density at radius 2 is 1.66 bits per heavy atom. The summed E-state index contributed by atoms with van der Waals surface area (Å²) in [4.78, 5) is 12.9. The van der Waals surface area contributed by atoms with Crippen LogP contribution in [0.1, 0.15) is 0 Å². The van der Waals surface area contributed by atoms with Crippen LogP contribution in [0.5, 0.6) is 23.0 Å². The van der Waals surface area contributed by atoms with Gasteiger partial charge in [0.15, 0.2) is 0 Å². The summed E-state index contributed by atoms with van der Waals surface area (Å²) in [5.41, 5.74) is -0.729. The fourth-order valence-electron chi connectivity index (χ4n) is 3.51. The Kier molecular flexibility index (Phi) is 5.67. The molecule has 0 aliphatic carbocycles. The lowest BCUT2D eigenvalue weighted by molar-refractivity contribution is -0.277. The third-order valence-electron chi connectivity index (χ3n) is 5.20. The highest BCUT2D eigenvalue weighted by Crippen LogP contribution is 2.35. The average molecular weight is 448 g/mol. The number of phenols is 3. The Hall–Kier alpha value is -3.35. The number of aromatic hydroxyl groups is 3. The molecule has 0 saturated carbocycles. The van der Waals surface area contributed by atoms with Crippen LogP contribution in [0, 0.1) is 0 Å². The monoisotopic (exact) mass is 448 g/mol. The topological polar surface area (TPSA) is 190 Å². The van der Waals surface area contributed by atoms with Crippen molar-refractivity contribution in [1.29, 1.82) is 0 Å². The molecule has 5 atom stereocenters. The van der Waals surface area contributed by atoms with Crippen LogP contribution in [0.25, 0.3) is 22.1 Å². The van der Waals surface area contributed by atoms with Crippen LogP contribution in [-0.4, -0.2) is 73.1 Å². The van der Waals surface area contributed by atoms with Crippen molar-refractivity contribution < 1.29 is 49.6 Å². The molecule has 0 amide bonds. The van der Waals surface area contributed by atoms with E-state index in [9.17, 15) is 40.5 Å². The molecular formula is C21H20O11. The molecular weight excluding hydrogens is 428 g/mol. The average Bonchev–Trinajstić information content (AvgIpc) is 2.75. The van der Waals surface area contributed by atoms with E-state index in [0.29, 0.717) is 0 Å². The van der Waals surface area contributed by atoms with Gasteiger partial charge in [-0.2, -0.15) is 0 Å². The van der Waals surface area contributed by atoms with Gasteiger partial charge in [-0.15, -0.1) is 0 Å². The number of hydrogen-bond acceptors (Lipinski definition) is 11. The summed E-state index contributed by atoms with van der Waals surface area (Å²) < 4.78 is 16.1. The lowest BCUT2D eigenvalue weighted by Gasteiger charge is -2.39. The van der Waals surface area contributed by atoms with Crippen LogP contribution < -0.4 is 10.2 Å². The molecule has 1 saturated heterocycles. The van der Waals surface area contributed by atoms with Crippen LogP contribution >= 0.6 is 0 Å². The van der Waals surface area contributed by atoms with Crippen molar-refractivity contribution in [3.05, 3.63) is 46.8 Å². The zero-order valence-electron chi connectivity index (χ0n) is 16.3. The van der Waals surface area contributed by atoms with Crippen LogP contribution in [0.15, 0.2) is 45.8 Å². The van der Waals surface area contributed by atoms with Crippen molar-refractivity contribution in [2.75, 3.05) is 6.61 Å². The molecule has 4 rings (SSSR count). The van der Waals surface area contributed by atoms with Crippen LogP contribution in [0.3, 0.4) is 0 Å². The minimum atomic E-state index is -1.67. The molecule has 7 N–H and O–H groups in total. The number of phenolic OH excluding ortho intramolecular Hbond substituents is 3. The van der Waals surface area contributed by atoms with Crippen molar-refractivity contribution >= 4 is 11.0 Å². The van der Waals surface area contributed by atoms with E-state index in [2.05, 4.69) is 0 Å². The minimum Gasteiger partial charge on any atom is -0.508 e. The van der Waals surface area contributed by atoms with Gasteiger partial charge in [0.25, 0.3) is 0 Å². The molecule has 0 bridgehead atoms. The second-order valence-corrected chi connectivity index (χ2v) is 7.31. The quantitative estimate of drug-likeness (QED) is 0.279. The highest BCUT2D eigenvalue weighted by atomic mass is 16.7. The maximum atomic E-state index is 12.9. The summed E-state index contributed by atoms with van der Waals surface area (Å²) >= 11 is 0. The molecule has 32 heavy (non-hydrogen) atoms. The van der Waals surface area contributed by atoms with Gasteiger partial charge in [-0.3, -0.25) is 4.79 Å². The van der Waals surface area contributed by atoms with Crippen molar-refractivity contribution in [2.45, 2.75) is 30.7 Å². The summed E-state index contributed by atoms with van der Waals surface area (Å²) in [5, 5.41) is 68.7. The Bertz CT molecular complexity index is 1200. The van der Waals surface area contributed by atoms with Gasteiger partial charge in [0.05, 0.1) is 12.2 Å². The molecule has 1 fully saturated rings. The van der Waals surface area contributed by atoms with Crippen molar-refractivity contribution in [1.82, 2.24) is 0 Å². The number of benzene rings is 2. The maximum Gasteiger partial charge on any atom is 0.229 e. The molecule has 0 spiro atoms. The molecule has 0 unspecified atom stereocenters. The molecule has 1 aliphatic heterocycles. The SMILES string of the molecule is O=c1c(-c2ccc(O)cc2O)coc2cc(O[C@@H]3O[C@H](CO)[C@@H](O)[C@H](O)[C@H]3O)cc(O)c12. The van der Waals surface area contributed by atoms with Gasteiger partial charge in [-0.05, 0) is 12.1 Å². The lowest BCUT2D eigenvalue weighted by atomic mass is 9.99. The predicted octanol–water partition coefficient (Wildman–Crippen LogP) is -0.245. The number of aliphatic hydroxyl groups excluding tert-OH is 4. The van der Waals surface area contributed by atoms with Gasteiger partial charge >= 0.3 is 0 Å². The largest absolute Gasteiger partial charge is 0.508 e. The van der Waals surface area contributed by atoms with Crippen molar-refractivity contribution in [3.63, 3.8) is 0 Å². The normalized spacial score (nSPS) is 25.7. The standard InChI is InChI=1S/C21H20O11/c22-6-15-18(27)19(28)20(29)21(32-15)31-9-4-13(25)16-14(5-9)30-7-11(17(16)26)10-2-1-8(23)3-12(10)24/h1-5,7,15,18-25,27-29H,6H2/t15-,18-,19+,20-,21-/m1/s1. The zero-order valence-corrected chi connectivity index (χ0v) is 16.3. The predicted molar refractivity (Wildman–Crippen MR) is 107 cm³/mol. The Morgan fingerprint density at radius 3 is 2.34 bits per heavy atom.